The number of imide groups is 1. The highest BCUT2D eigenvalue weighted by Crippen LogP contribution is 2.25. The molecule has 0 aromatic heterocycles. The van der Waals surface area contributed by atoms with E-state index in [1.165, 1.54) is 23.1 Å². The van der Waals surface area contributed by atoms with E-state index in [1.54, 1.807) is 38.1 Å². The van der Waals surface area contributed by atoms with Crippen LogP contribution in [0.5, 0.6) is 0 Å². The van der Waals surface area contributed by atoms with E-state index in [9.17, 15) is 19.2 Å². The fourth-order valence-electron chi connectivity index (χ4n) is 3.20. The summed E-state index contributed by atoms with van der Waals surface area (Å²) >= 11 is 5.82. The zero-order valence-electron chi connectivity index (χ0n) is 16.7. The molecule has 0 unspecified atom stereocenters. The third-order valence-electron chi connectivity index (χ3n) is 4.71. The average molecular weight is 428 g/mol. The van der Waals surface area contributed by atoms with E-state index in [4.69, 9.17) is 11.6 Å². The molecule has 4 amide bonds. The van der Waals surface area contributed by atoms with Gasteiger partial charge in [-0.25, -0.2) is 0 Å². The van der Waals surface area contributed by atoms with E-state index in [0.717, 1.165) is 5.56 Å². The van der Waals surface area contributed by atoms with Crippen LogP contribution in [0.1, 0.15) is 50.5 Å². The maximum atomic E-state index is 12.4. The largest absolute Gasteiger partial charge is 0.354 e. The normalized spacial score (nSPS) is 12.9. The molecule has 1 aliphatic rings. The van der Waals surface area contributed by atoms with E-state index in [-0.39, 0.29) is 54.4 Å². The van der Waals surface area contributed by atoms with Crippen LogP contribution in [0.3, 0.4) is 0 Å². The molecule has 0 atom stereocenters. The number of hydrogen-bond acceptors (Lipinski definition) is 4. The first kappa shape index (κ1) is 21.5. The molecular formula is C22H22ClN3O4. The van der Waals surface area contributed by atoms with Gasteiger partial charge in [0.2, 0.25) is 5.91 Å². The molecule has 0 saturated heterocycles. The van der Waals surface area contributed by atoms with Crippen LogP contribution in [0.2, 0.25) is 5.02 Å². The number of nitrogens with zero attached hydrogens (tertiary/aromatic N) is 1. The van der Waals surface area contributed by atoms with Crippen LogP contribution in [-0.4, -0.2) is 47.7 Å². The van der Waals surface area contributed by atoms with Gasteiger partial charge in [0.1, 0.15) is 0 Å². The molecule has 2 aromatic rings. The minimum Gasteiger partial charge on any atom is -0.354 e. The lowest BCUT2D eigenvalue weighted by Crippen LogP contribution is -2.36. The maximum absolute atomic E-state index is 12.4. The Bertz CT molecular complexity index is 1000. The number of halogens is 1. The summed E-state index contributed by atoms with van der Waals surface area (Å²) in [6, 6.07) is 11.2. The Morgan fingerprint density at radius 2 is 1.57 bits per heavy atom. The second kappa shape index (κ2) is 9.09. The van der Waals surface area contributed by atoms with Crippen LogP contribution in [-0.2, 0) is 11.2 Å². The molecule has 0 bridgehead atoms. The van der Waals surface area contributed by atoms with Gasteiger partial charge in [0.05, 0.1) is 17.5 Å². The molecule has 2 N–H and O–H groups in total. The zero-order chi connectivity index (χ0) is 21.8. The van der Waals surface area contributed by atoms with Crippen molar-refractivity contribution >= 4 is 35.2 Å². The predicted molar refractivity (Wildman–Crippen MR) is 113 cm³/mol. The van der Waals surface area contributed by atoms with Crippen molar-refractivity contribution in [2.24, 2.45) is 0 Å². The Kier molecular flexibility index (Phi) is 6.52. The first-order chi connectivity index (χ1) is 14.3. The van der Waals surface area contributed by atoms with Gasteiger partial charge in [0, 0.05) is 29.7 Å². The number of benzene rings is 2. The molecule has 30 heavy (non-hydrogen) atoms. The molecule has 1 aliphatic heterocycles. The van der Waals surface area contributed by atoms with E-state index in [0.29, 0.717) is 10.6 Å². The van der Waals surface area contributed by atoms with Gasteiger partial charge in [-0.3, -0.25) is 24.1 Å². The predicted octanol–water partition coefficient (Wildman–Crippen LogP) is 2.43. The highest BCUT2D eigenvalue weighted by atomic mass is 35.5. The van der Waals surface area contributed by atoms with Crippen LogP contribution in [0.25, 0.3) is 0 Å². The Morgan fingerprint density at radius 3 is 2.23 bits per heavy atom. The Labute approximate surface area is 179 Å². The van der Waals surface area contributed by atoms with E-state index in [1.807, 2.05) is 0 Å². The average Bonchev–Trinajstić information content (AvgIpc) is 2.97. The zero-order valence-corrected chi connectivity index (χ0v) is 17.5. The molecule has 0 fully saturated rings. The quantitative estimate of drug-likeness (QED) is 0.524. The summed E-state index contributed by atoms with van der Waals surface area (Å²) in [7, 11) is 0. The van der Waals surface area contributed by atoms with Crippen molar-refractivity contribution in [3.8, 4) is 0 Å². The second-order valence-corrected chi connectivity index (χ2v) is 7.68. The van der Waals surface area contributed by atoms with Crippen molar-refractivity contribution in [1.82, 2.24) is 15.5 Å². The molecule has 8 heteroatoms. The van der Waals surface area contributed by atoms with Gasteiger partial charge in [-0.1, -0.05) is 23.7 Å². The van der Waals surface area contributed by atoms with Crippen molar-refractivity contribution in [1.29, 1.82) is 0 Å². The van der Waals surface area contributed by atoms with Gasteiger partial charge in [-0.05, 0) is 49.7 Å². The summed E-state index contributed by atoms with van der Waals surface area (Å²) in [6.45, 7) is 4.02. The lowest BCUT2D eigenvalue weighted by Gasteiger charge is -2.17. The van der Waals surface area contributed by atoms with Gasteiger partial charge in [-0.2, -0.15) is 0 Å². The molecule has 3 rings (SSSR count). The number of hydrogen-bond donors (Lipinski definition) is 2. The highest BCUT2D eigenvalue weighted by molar-refractivity contribution is 6.30. The molecule has 1 heterocycles. The molecule has 0 aliphatic carbocycles. The topological polar surface area (TPSA) is 95.6 Å². The van der Waals surface area contributed by atoms with Crippen molar-refractivity contribution < 1.29 is 19.2 Å². The number of carbonyl (C=O) groups is 4. The lowest BCUT2D eigenvalue weighted by atomic mass is 10.1. The second-order valence-electron chi connectivity index (χ2n) is 7.24. The van der Waals surface area contributed by atoms with Gasteiger partial charge in [-0.15, -0.1) is 0 Å². The first-order valence-corrected chi connectivity index (χ1v) is 9.97. The van der Waals surface area contributed by atoms with Gasteiger partial charge >= 0.3 is 0 Å². The monoisotopic (exact) mass is 427 g/mol. The SMILES string of the molecule is CC(C)N1C(=O)c2ccc(C(=O)NCCNC(=O)Cc3ccc(Cl)cc3)cc2C1=O. The highest BCUT2D eigenvalue weighted by Gasteiger charge is 2.37. The Hall–Kier alpha value is -3.19. The number of rotatable bonds is 7. The summed E-state index contributed by atoms with van der Waals surface area (Å²) < 4.78 is 0. The van der Waals surface area contributed by atoms with Gasteiger partial charge in [0.25, 0.3) is 17.7 Å². The summed E-state index contributed by atoms with van der Waals surface area (Å²) in [5.41, 5.74) is 1.67. The van der Waals surface area contributed by atoms with Crippen LogP contribution in [0, 0.1) is 0 Å². The molecule has 156 valence electrons. The smallest absolute Gasteiger partial charge is 0.261 e. The van der Waals surface area contributed by atoms with Crippen molar-refractivity contribution in [2.45, 2.75) is 26.3 Å². The van der Waals surface area contributed by atoms with Gasteiger partial charge in [0.15, 0.2) is 0 Å². The first-order valence-electron chi connectivity index (χ1n) is 9.59. The molecule has 2 aromatic carbocycles. The summed E-state index contributed by atoms with van der Waals surface area (Å²) in [4.78, 5) is 50.3. The standard InChI is InChI=1S/C22H22ClN3O4/c1-13(2)26-21(29)17-8-5-15(12-18(17)22(26)30)20(28)25-10-9-24-19(27)11-14-3-6-16(23)7-4-14/h3-8,12-13H,9-11H2,1-2H3,(H,24,27)(H,25,28). The molecule has 0 spiro atoms. The molecule has 0 saturated carbocycles. The van der Waals surface area contributed by atoms with Crippen molar-refractivity contribution in [3.05, 3.63) is 69.7 Å². The lowest BCUT2D eigenvalue weighted by molar-refractivity contribution is -0.120. The van der Waals surface area contributed by atoms with Crippen molar-refractivity contribution in [2.75, 3.05) is 13.1 Å². The van der Waals surface area contributed by atoms with Crippen molar-refractivity contribution in [3.63, 3.8) is 0 Å². The molecule has 0 radical (unpaired) electrons. The van der Waals surface area contributed by atoms with E-state index < -0.39 is 5.91 Å². The van der Waals surface area contributed by atoms with Crippen LogP contribution in [0.4, 0.5) is 0 Å². The van der Waals surface area contributed by atoms with Gasteiger partial charge < -0.3 is 10.6 Å². The summed E-state index contributed by atoms with van der Waals surface area (Å²) in [5, 5.41) is 6.04. The summed E-state index contributed by atoms with van der Waals surface area (Å²) in [5.74, 6) is -1.29. The van der Waals surface area contributed by atoms with Crippen LogP contribution >= 0.6 is 11.6 Å². The third-order valence-corrected chi connectivity index (χ3v) is 4.96. The number of nitrogens with one attached hydrogen (secondary N) is 2. The number of amides is 4. The van der Waals surface area contributed by atoms with E-state index in [2.05, 4.69) is 10.6 Å². The minimum absolute atomic E-state index is 0.165. The maximum Gasteiger partial charge on any atom is 0.261 e. The molecule has 7 nitrogen and oxygen atoms in total. The Morgan fingerprint density at radius 1 is 0.933 bits per heavy atom. The Balaban J connectivity index is 1.50. The van der Waals surface area contributed by atoms with Crippen LogP contribution in [0.15, 0.2) is 42.5 Å². The third kappa shape index (κ3) is 4.68. The molecular weight excluding hydrogens is 406 g/mol. The number of fused-ring (bicyclic) bond motifs is 1. The van der Waals surface area contributed by atoms with Crippen LogP contribution < -0.4 is 10.6 Å². The minimum atomic E-state index is -0.394. The fraction of sp³-hybridized carbons (Fsp3) is 0.273. The fourth-order valence-corrected chi connectivity index (χ4v) is 3.33. The summed E-state index contributed by atoms with van der Waals surface area (Å²) in [6.07, 6.45) is 0.221. The number of carbonyl (C=O) groups excluding carboxylic acids is 4. The van der Waals surface area contributed by atoms with E-state index >= 15 is 0 Å².